The number of hydrogen-bond acceptors (Lipinski definition) is 4. The van der Waals surface area contributed by atoms with Crippen LogP contribution in [0, 0.1) is 13.8 Å². The van der Waals surface area contributed by atoms with Crippen LogP contribution in [-0.4, -0.2) is 21.2 Å². The number of thioether (sulfide) groups is 1. The maximum absolute atomic E-state index is 13.3. The van der Waals surface area contributed by atoms with Crippen molar-refractivity contribution in [3.05, 3.63) is 97.8 Å². The molecule has 4 aromatic rings. The SMILES string of the molecule is Cc1cc(C)c(NC(=O)CSc2nc3ccccc3c(=O)n2CCc2ccc(Cl)cc2)c(Cl)c1. The van der Waals surface area contributed by atoms with Crippen LogP contribution in [0.1, 0.15) is 16.7 Å². The zero-order valence-electron chi connectivity index (χ0n) is 18.8. The van der Waals surface area contributed by atoms with Crippen LogP contribution in [0.15, 0.2) is 70.6 Å². The van der Waals surface area contributed by atoms with Crippen LogP contribution in [0.3, 0.4) is 0 Å². The summed E-state index contributed by atoms with van der Waals surface area (Å²) < 4.78 is 1.64. The molecular weight excluding hydrogens is 489 g/mol. The number of hydrogen-bond donors (Lipinski definition) is 1. The predicted molar refractivity (Wildman–Crippen MR) is 141 cm³/mol. The number of halogens is 2. The van der Waals surface area contributed by atoms with Crippen molar-refractivity contribution in [1.82, 2.24) is 9.55 Å². The van der Waals surface area contributed by atoms with Crippen LogP contribution in [-0.2, 0) is 17.8 Å². The normalized spacial score (nSPS) is 11.1. The second-order valence-electron chi connectivity index (χ2n) is 8.02. The summed E-state index contributed by atoms with van der Waals surface area (Å²) in [7, 11) is 0. The Morgan fingerprint density at radius 1 is 1.06 bits per heavy atom. The lowest BCUT2D eigenvalue weighted by molar-refractivity contribution is -0.113. The van der Waals surface area contributed by atoms with Gasteiger partial charge in [-0.15, -0.1) is 0 Å². The van der Waals surface area contributed by atoms with E-state index in [4.69, 9.17) is 23.2 Å². The van der Waals surface area contributed by atoms with E-state index < -0.39 is 0 Å². The van der Waals surface area contributed by atoms with E-state index in [0.717, 1.165) is 16.7 Å². The molecule has 1 amide bonds. The molecule has 8 heteroatoms. The zero-order chi connectivity index (χ0) is 24.2. The Morgan fingerprint density at radius 3 is 2.53 bits per heavy atom. The van der Waals surface area contributed by atoms with Crippen LogP contribution in [0.25, 0.3) is 10.9 Å². The molecule has 0 unspecified atom stereocenters. The van der Waals surface area contributed by atoms with Crippen LogP contribution in [0.2, 0.25) is 10.0 Å². The number of fused-ring (bicyclic) bond motifs is 1. The standard InChI is InChI=1S/C26H23Cl2N3O2S/c1-16-13-17(2)24(21(28)14-16)30-23(32)15-34-26-29-22-6-4-3-5-20(22)25(33)31(26)12-11-18-7-9-19(27)10-8-18/h3-10,13-14H,11-12,15H2,1-2H3,(H,30,32). The average Bonchev–Trinajstić information content (AvgIpc) is 2.80. The lowest BCUT2D eigenvalue weighted by Crippen LogP contribution is -2.25. The predicted octanol–water partition coefficient (Wildman–Crippen LogP) is 6.29. The smallest absolute Gasteiger partial charge is 0.262 e. The summed E-state index contributed by atoms with van der Waals surface area (Å²) in [6.07, 6.45) is 0.634. The first-order chi connectivity index (χ1) is 16.3. The van der Waals surface area contributed by atoms with E-state index in [2.05, 4.69) is 10.3 Å². The summed E-state index contributed by atoms with van der Waals surface area (Å²) in [5, 5.41) is 5.11. The van der Waals surface area contributed by atoms with E-state index in [1.54, 1.807) is 16.7 Å². The van der Waals surface area contributed by atoms with Gasteiger partial charge in [0, 0.05) is 11.6 Å². The highest BCUT2D eigenvalue weighted by Gasteiger charge is 2.15. The Hall–Kier alpha value is -2.80. The minimum Gasteiger partial charge on any atom is -0.324 e. The van der Waals surface area contributed by atoms with Gasteiger partial charge in [0.1, 0.15) is 0 Å². The Labute approximate surface area is 212 Å². The molecule has 1 N–H and O–H groups in total. The molecule has 0 atom stereocenters. The molecule has 0 saturated carbocycles. The van der Waals surface area contributed by atoms with E-state index in [1.807, 2.05) is 62.4 Å². The highest BCUT2D eigenvalue weighted by atomic mass is 35.5. The average molecular weight is 512 g/mol. The number of carbonyl (C=O) groups excluding carboxylic acids is 1. The van der Waals surface area contributed by atoms with Crippen LogP contribution in [0.5, 0.6) is 0 Å². The zero-order valence-corrected chi connectivity index (χ0v) is 21.1. The summed E-state index contributed by atoms with van der Waals surface area (Å²) in [6.45, 7) is 4.29. The number of aromatic nitrogens is 2. The van der Waals surface area contributed by atoms with Crippen molar-refractivity contribution in [1.29, 1.82) is 0 Å². The van der Waals surface area contributed by atoms with Gasteiger partial charge in [-0.2, -0.15) is 0 Å². The van der Waals surface area contributed by atoms with Gasteiger partial charge in [0.2, 0.25) is 5.91 Å². The van der Waals surface area contributed by atoms with Crippen molar-refractivity contribution in [2.45, 2.75) is 32.0 Å². The number of para-hydroxylation sites is 1. The van der Waals surface area contributed by atoms with Gasteiger partial charge in [0.05, 0.1) is 27.4 Å². The molecule has 0 fully saturated rings. The lowest BCUT2D eigenvalue weighted by Gasteiger charge is -2.14. The monoisotopic (exact) mass is 511 g/mol. The lowest BCUT2D eigenvalue weighted by atomic mass is 10.1. The van der Waals surface area contributed by atoms with E-state index in [-0.39, 0.29) is 17.2 Å². The topological polar surface area (TPSA) is 64.0 Å². The van der Waals surface area contributed by atoms with E-state index in [1.165, 1.54) is 11.8 Å². The number of aryl methyl sites for hydroxylation is 3. The minimum absolute atomic E-state index is 0.0926. The first-order valence-electron chi connectivity index (χ1n) is 10.8. The summed E-state index contributed by atoms with van der Waals surface area (Å²) in [6, 6.07) is 18.6. The Balaban J connectivity index is 1.57. The molecule has 4 rings (SSSR count). The van der Waals surface area contributed by atoms with Crippen molar-refractivity contribution in [3.63, 3.8) is 0 Å². The second-order valence-corrected chi connectivity index (χ2v) is 9.81. The number of nitrogens with zero attached hydrogens (tertiary/aromatic N) is 2. The quantitative estimate of drug-likeness (QED) is 0.233. The fourth-order valence-corrected chi connectivity index (χ4v) is 5.05. The molecule has 0 bridgehead atoms. The van der Waals surface area contributed by atoms with Crippen LogP contribution < -0.4 is 10.9 Å². The second kappa shape index (κ2) is 10.6. The van der Waals surface area contributed by atoms with Gasteiger partial charge in [-0.05, 0) is 67.3 Å². The first kappa shape index (κ1) is 24.3. The van der Waals surface area contributed by atoms with Gasteiger partial charge in [0.15, 0.2) is 5.16 Å². The molecule has 0 aliphatic carbocycles. The molecule has 3 aromatic carbocycles. The number of benzene rings is 3. The van der Waals surface area contributed by atoms with Gasteiger partial charge < -0.3 is 5.32 Å². The molecule has 1 aromatic heterocycles. The molecule has 1 heterocycles. The number of amides is 1. The highest BCUT2D eigenvalue weighted by molar-refractivity contribution is 7.99. The number of carbonyl (C=O) groups is 1. The molecule has 0 radical (unpaired) electrons. The number of rotatable bonds is 7. The molecule has 0 spiro atoms. The molecule has 34 heavy (non-hydrogen) atoms. The molecule has 0 aliphatic rings. The van der Waals surface area contributed by atoms with E-state index in [9.17, 15) is 9.59 Å². The maximum atomic E-state index is 13.3. The van der Waals surface area contributed by atoms with Crippen LogP contribution in [0.4, 0.5) is 5.69 Å². The van der Waals surface area contributed by atoms with Crippen molar-refractivity contribution in [2.75, 3.05) is 11.1 Å². The summed E-state index contributed by atoms with van der Waals surface area (Å²) in [5.41, 5.74) is 4.06. The summed E-state index contributed by atoms with van der Waals surface area (Å²) in [5.74, 6) is -0.124. The van der Waals surface area contributed by atoms with Crippen molar-refractivity contribution >= 4 is 57.5 Å². The molecule has 5 nitrogen and oxygen atoms in total. The largest absolute Gasteiger partial charge is 0.324 e. The van der Waals surface area contributed by atoms with Gasteiger partial charge in [-0.1, -0.05) is 65.3 Å². The van der Waals surface area contributed by atoms with Gasteiger partial charge >= 0.3 is 0 Å². The fraction of sp³-hybridized carbons (Fsp3) is 0.192. The van der Waals surface area contributed by atoms with E-state index in [0.29, 0.717) is 44.8 Å². The Bertz CT molecular complexity index is 1400. The maximum Gasteiger partial charge on any atom is 0.262 e. The Kier molecular flexibility index (Phi) is 7.61. The third-order valence-electron chi connectivity index (χ3n) is 5.39. The highest BCUT2D eigenvalue weighted by Crippen LogP contribution is 2.28. The Morgan fingerprint density at radius 2 is 1.79 bits per heavy atom. The molecular formula is C26H23Cl2N3O2S. The summed E-state index contributed by atoms with van der Waals surface area (Å²) >= 11 is 13.5. The van der Waals surface area contributed by atoms with Crippen molar-refractivity contribution in [2.24, 2.45) is 0 Å². The molecule has 0 aliphatic heterocycles. The minimum atomic E-state index is -0.217. The molecule has 0 saturated heterocycles. The van der Waals surface area contributed by atoms with Crippen molar-refractivity contribution < 1.29 is 4.79 Å². The van der Waals surface area contributed by atoms with E-state index >= 15 is 0 Å². The van der Waals surface area contributed by atoms with Gasteiger partial charge in [0.25, 0.3) is 5.56 Å². The van der Waals surface area contributed by atoms with Gasteiger partial charge in [-0.3, -0.25) is 14.2 Å². The third kappa shape index (κ3) is 5.63. The van der Waals surface area contributed by atoms with Crippen LogP contribution >= 0.6 is 35.0 Å². The summed E-state index contributed by atoms with van der Waals surface area (Å²) in [4.78, 5) is 30.7. The fourth-order valence-electron chi connectivity index (χ4n) is 3.73. The van der Waals surface area contributed by atoms with Gasteiger partial charge in [-0.25, -0.2) is 4.98 Å². The third-order valence-corrected chi connectivity index (χ3v) is 6.92. The first-order valence-corrected chi connectivity index (χ1v) is 12.5. The van der Waals surface area contributed by atoms with Crippen molar-refractivity contribution in [3.8, 4) is 0 Å². The molecule has 174 valence electrons. The number of anilines is 1. The number of nitrogens with one attached hydrogen (secondary N) is 1.